The summed E-state index contributed by atoms with van der Waals surface area (Å²) in [7, 11) is 0. The highest BCUT2D eigenvalue weighted by Gasteiger charge is 2.56. The average molecular weight is 615 g/mol. The number of carbonyl (C=O) groups is 2. The standard InChI is InChI=1S/C27H27F5N4O7/c1-26(2)40-14(11-34-36-33)20(41-26)22-23(43-27(3,4)42-22)24(37)35-13(10-12-8-6-5-7-9-12)25(38)39-21-18(31)16(29)15(28)17(30)19(21)32/h5-9,13-14,20,22-23H,10-11H2,1-4H3,(H,35,37)/t13-,14+,20-,22-,23+/m0/s1. The summed E-state index contributed by atoms with van der Waals surface area (Å²) < 4.78 is 97.7. The van der Waals surface area contributed by atoms with Crippen molar-refractivity contribution in [1.82, 2.24) is 5.32 Å². The average Bonchev–Trinajstić information content (AvgIpc) is 3.46. The molecule has 0 radical (unpaired) electrons. The fourth-order valence-electron chi connectivity index (χ4n) is 4.77. The maximum absolute atomic E-state index is 14.3. The predicted octanol–water partition coefficient (Wildman–Crippen LogP) is 4.37. The van der Waals surface area contributed by atoms with Crippen molar-refractivity contribution in [1.29, 1.82) is 0 Å². The molecule has 0 unspecified atom stereocenters. The van der Waals surface area contributed by atoms with E-state index in [9.17, 15) is 31.5 Å². The zero-order valence-electron chi connectivity index (χ0n) is 23.3. The van der Waals surface area contributed by atoms with Gasteiger partial charge in [0.1, 0.15) is 18.2 Å². The van der Waals surface area contributed by atoms with Gasteiger partial charge in [0, 0.05) is 11.3 Å². The molecule has 2 aliphatic rings. The van der Waals surface area contributed by atoms with E-state index in [0.29, 0.717) is 5.56 Å². The molecule has 0 aromatic heterocycles. The van der Waals surface area contributed by atoms with E-state index in [1.54, 1.807) is 44.2 Å². The molecule has 0 spiro atoms. The zero-order valence-corrected chi connectivity index (χ0v) is 23.3. The lowest BCUT2D eigenvalue weighted by Gasteiger charge is -2.26. The largest absolute Gasteiger partial charge is 0.418 e. The number of nitrogens with zero attached hydrogens (tertiary/aromatic N) is 3. The van der Waals surface area contributed by atoms with E-state index in [2.05, 4.69) is 20.1 Å². The van der Waals surface area contributed by atoms with Crippen molar-refractivity contribution in [2.45, 2.75) is 76.1 Å². The van der Waals surface area contributed by atoms with Gasteiger partial charge >= 0.3 is 5.97 Å². The molecule has 2 aliphatic heterocycles. The molecule has 0 aliphatic carbocycles. The van der Waals surface area contributed by atoms with E-state index in [1.807, 2.05) is 0 Å². The van der Waals surface area contributed by atoms with Crippen LogP contribution in [0.15, 0.2) is 35.4 Å². The molecule has 2 fully saturated rings. The van der Waals surface area contributed by atoms with Crippen molar-refractivity contribution in [3.63, 3.8) is 0 Å². The summed E-state index contributed by atoms with van der Waals surface area (Å²) >= 11 is 0. The summed E-state index contributed by atoms with van der Waals surface area (Å²) in [6, 6.07) is 6.32. The first-order valence-corrected chi connectivity index (χ1v) is 12.9. The van der Waals surface area contributed by atoms with Gasteiger partial charge in [-0.15, -0.1) is 0 Å². The highest BCUT2D eigenvalue weighted by Crippen LogP contribution is 2.39. The van der Waals surface area contributed by atoms with Crippen LogP contribution in [0, 0.1) is 29.1 Å². The van der Waals surface area contributed by atoms with Gasteiger partial charge in [-0.1, -0.05) is 35.4 Å². The Labute approximate surface area is 241 Å². The third-order valence-electron chi connectivity index (χ3n) is 6.51. The van der Waals surface area contributed by atoms with Gasteiger partial charge in [-0.2, -0.15) is 8.78 Å². The van der Waals surface area contributed by atoms with Crippen molar-refractivity contribution in [2.24, 2.45) is 5.11 Å². The van der Waals surface area contributed by atoms with E-state index in [1.165, 1.54) is 13.8 Å². The van der Waals surface area contributed by atoms with E-state index < -0.39 is 88.7 Å². The molecule has 2 aromatic carbocycles. The van der Waals surface area contributed by atoms with Gasteiger partial charge < -0.3 is 29.0 Å². The molecule has 2 heterocycles. The number of carbonyl (C=O) groups excluding carboxylic acids is 2. The second kappa shape index (κ2) is 12.4. The van der Waals surface area contributed by atoms with Crippen LogP contribution in [0.3, 0.4) is 0 Å². The minimum Gasteiger partial charge on any atom is -0.418 e. The number of ether oxygens (including phenoxy) is 5. The zero-order chi connectivity index (χ0) is 31.7. The first-order valence-electron chi connectivity index (χ1n) is 12.9. The SMILES string of the molecule is CC1(C)O[C@H]([C@@H]2OC(C)(C)O[C@H]2C(=O)N[C@@H](Cc2ccccc2)C(=O)Oc2c(F)c(F)c(F)c(F)c2F)[C@@H](CN=[N+]=[N-])O1. The molecule has 4 rings (SSSR count). The van der Waals surface area contributed by atoms with Gasteiger partial charge in [0.25, 0.3) is 5.91 Å². The third kappa shape index (κ3) is 7.05. The fraction of sp³-hybridized carbons (Fsp3) is 0.481. The van der Waals surface area contributed by atoms with E-state index in [-0.39, 0.29) is 13.0 Å². The van der Waals surface area contributed by atoms with Crippen LogP contribution in [0.5, 0.6) is 5.75 Å². The number of amides is 1. The smallest absolute Gasteiger partial charge is 0.334 e. The van der Waals surface area contributed by atoms with Crippen LogP contribution in [0.2, 0.25) is 0 Å². The number of azide groups is 1. The van der Waals surface area contributed by atoms with E-state index >= 15 is 0 Å². The van der Waals surface area contributed by atoms with Crippen LogP contribution < -0.4 is 10.1 Å². The predicted molar refractivity (Wildman–Crippen MR) is 136 cm³/mol. The maximum Gasteiger partial charge on any atom is 0.334 e. The number of nitrogens with one attached hydrogen (secondary N) is 1. The summed E-state index contributed by atoms with van der Waals surface area (Å²) in [5, 5.41) is 5.89. The lowest BCUT2D eigenvalue weighted by Crippen LogP contribution is -2.53. The number of rotatable bonds is 9. The van der Waals surface area contributed by atoms with Gasteiger partial charge in [-0.05, 0) is 38.8 Å². The third-order valence-corrected chi connectivity index (χ3v) is 6.51. The Morgan fingerprint density at radius 3 is 2.07 bits per heavy atom. The summed E-state index contributed by atoms with van der Waals surface area (Å²) in [6.45, 7) is 6.03. The van der Waals surface area contributed by atoms with Crippen molar-refractivity contribution < 1.29 is 55.2 Å². The molecule has 11 nitrogen and oxygen atoms in total. The molecule has 1 N–H and O–H groups in total. The minimum absolute atomic E-state index is 0.176. The van der Waals surface area contributed by atoms with Gasteiger partial charge in [-0.3, -0.25) is 4.79 Å². The molecule has 5 atom stereocenters. The highest BCUT2D eigenvalue weighted by molar-refractivity contribution is 5.88. The Morgan fingerprint density at radius 2 is 1.47 bits per heavy atom. The van der Waals surface area contributed by atoms with E-state index in [0.717, 1.165) is 0 Å². The molecule has 1 amide bonds. The van der Waals surface area contributed by atoms with Crippen molar-refractivity contribution in [3.8, 4) is 5.75 Å². The number of hydrogen-bond donors (Lipinski definition) is 1. The van der Waals surface area contributed by atoms with Gasteiger partial charge in [0.15, 0.2) is 17.7 Å². The van der Waals surface area contributed by atoms with Crippen LogP contribution >= 0.6 is 0 Å². The van der Waals surface area contributed by atoms with Crippen LogP contribution in [0.1, 0.15) is 33.3 Å². The topological polar surface area (TPSA) is 141 Å². The Morgan fingerprint density at radius 1 is 0.907 bits per heavy atom. The lowest BCUT2D eigenvalue weighted by molar-refractivity contribution is -0.175. The number of benzene rings is 2. The van der Waals surface area contributed by atoms with Gasteiger partial charge in [0.05, 0.1) is 12.6 Å². The summed E-state index contributed by atoms with van der Waals surface area (Å²) in [5.41, 5.74) is 9.23. The highest BCUT2D eigenvalue weighted by atomic mass is 19.2. The summed E-state index contributed by atoms with van der Waals surface area (Å²) in [4.78, 5) is 29.5. The van der Waals surface area contributed by atoms with Crippen LogP contribution in [-0.4, -0.2) is 60.5 Å². The monoisotopic (exact) mass is 614 g/mol. The molecule has 2 saturated heterocycles. The van der Waals surface area contributed by atoms with Crippen LogP contribution in [0.4, 0.5) is 22.0 Å². The maximum atomic E-state index is 14.3. The second-order valence-electron chi connectivity index (χ2n) is 10.6. The molecular weight excluding hydrogens is 587 g/mol. The Balaban J connectivity index is 1.63. The second-order valence-corrected chi connectivity index (χ2v) is 10.6. The summed E-state index contributed by atoms with van der Waals surface area (Å²) in [6.07, 6.45) is -4.79. The van der Waals surface area contributed by atoms with Gasteiger partial charge in [0.2, 0.25) is 34.8 Å². The van der Waals surface area contributed by atoms with Crippen molar-refractivity contribution >= 4 is 11.9 Å². The molecule has 0 saturated carbocycles. The number of esters is 1. The molecular formula is C27H27F5N4O7. The molecule has 43 heavy (non-hydrogen) atoms. The molecule has 2 aromatic rings. The molecule has 232 valence electrons. The fourth-order valence-corrected chi connectivity index (χ4v) is 4.77. The van der Waals surface area contributed by atoms with Crippen molar-refractivity contribution in [2.75, 3.05) is 6.54 Å². The van der Waals surface area contributed by atoms with E-state index in [4.69, 9.17) is 24.5 Å². The Bertz CT molecular complexity index is 1410. The quantitative estimate of drug-likeness (QED) is 0.0647. The molecule has 0 bridgehead atoms. The minimum atomic E-state index is -2.43. The first-order chi connectivity index (χ1) is 20.1. The Hall–Kier alpha value is -3.82. The lowest BCUT2D eigenvalue weighted by atomic mass is 10.0. The normalized spacial score (nSPS) is 24.7. The van der Waals surface area contributed by atoms with Gasteiger partial charge in [-0.25, -0.2) is 18.0 Å². The molecule has 16 heteroatoms. The van der Waals surface area contributed by atoms with Crippen molar-refractivity contribution in [3.05, 3.63) is 75.4 Å². The summed E-state index contributed by atoms with van der Waals surface area (Å²) in [5.74, 6) is -18.6. The number of halogens is 5. The first kappa shape index (κ1) is 32.1. The number of hydrogen-bond acceptors (Lipinski definition) is 8. The van der Waals surface area contributed by atoms with Crippen LogP contribution in [0.25, 0.3) is 10.4 Å². The Kier molecular flexibility index (Phi) is 9.27. The van der Waals surface area contributed by atoms with Crippen LogP contribution in [-0.2, 0) is 35.0 Å².